The monoisotopic (exact) mass is 499 g/mol. The van der Waals surface area contributed by atoms with Crippen LogP contribution in [0.2, 0.25) is 0 Å². The number of aromatic nitrogens is 3. The molecule has 0 aliphatic carbocycles. The zero-order valence-corrected chi connectivity index (χ0v) is 19.8. The second-order valence-electron chi connectivity index (χ2n) is 8.23. The standard InChI is InChI=1S/C26H24F3N3O4/c1-16(2)35-20-10-6-19(7-11-20)32-25(18-4-8-21(9-5-18)36-26(27,28)29)30-24(31-32)15-34-22-12-13-23(33)17(3)14-22/h4-14,16,33H,15H2,1-3H3. The van der Waals surface area contributed by atoms with Crippen molar-refractivity contribution in [2.24, 2.45) is 0 Å². The maximum Gasteiger partial charge on any atom is 0.573 e. The van der Waals surface area contributed by atoms with Crippen molar-refractivity contribution in [1.29, 1.82) is 0 Å². The van der Waals surface area contributed by atoms with E-state index in [2.05, 4.69) is 14.8 Å². The van der Waals surface area contributed by atoms with Crippen LogP contribution < -0.4 is 14.2 Å². The van der Waals surface area contributed by atoms with Crippen molar-refractivity contribution in [3.63, 3.8) is 0 Å². The third-order valence-electron chi connectivity index (χ3n) is 4.99. The number of benzene rings is 3. The predicted octanol–water partition coefficient (Wildman–Crippen LogP) is 6.21. The van der Waals surface area contributed by atoms with Gasteiger partial charge in [-0.1, -0.05) is 0 Å². The molecule has 0 atom stereocenters. The molecule has 1 aromatic heterocycles. The van der Waals surface area contributed by atoms with E-state index in [0.717, 1.165) is 0 Å². The van der Waals surface area contributed by atoms with E-state index in [9.17, 15) is 18.3 Å². The van der Waals surface area contributed by atoms with Gasteiger partial charge in [-0.3, -0.25) is 0 Å². The van der Waals surface area contributed by atoms with E-state index in [1.54, 1.807) is 35.9 Å². The van der Waals surface area contributed by atoms with Gasteiger partial charge in [0, 0.05) is 5.56 Å². The first-order valence-corrected chi connectivity index (χ1v) is 11.1. The topological polar surface area (TPSA) is 78.6 Å². The summed E-state index contributed by atoms with van der Waals surface area (Å²) in [6.45, 7) is 5.65. The van der Waals surface area contributed by atoms with Crippen LogP contribution >= 0.6 is 0 Å². The summed E-state index contributed by atoms with van der Waals surface area (Å²) in [4.78, 5) is 4.57. The smallest absolute Gasteiger partial charge is 0.508 e. The number of hydrogen-bond donors (Lipinski definition) is 1. The molecule has 0 aliphatic rings. The van der Waals surface area contributed by atoms with Crippen LogP contribution in [0.25, 0.3) is 17.1 Å². The fraction of sp³-hybridized carbons (Fsp3) is 0.231. The molecule has 7 nitrogen and oxygen atoms in total. The highest BCUT2D eigenvalue weighted by atomic mass is 19.4. The average Bonchev–Trinajstić information content (AvgIpc) is 3.24. The first-order chi connectivity index (χ1) is 17.1. The SMILES string of the molecule is Cc1cc(OCc2nc(-c3ccc(OC(F)(F)F)cc3)n(-c3ccc(OC(C)C)cc3)n2)ccc1O. The van der Waals surface area contributed by atoms with Crippen molar-refractivity contribution < 1.29 is 32.5 Å². The van der Waals surface area contributed by atoms with Gasteiger partial charge < -0.3 is 19.3 Å². The lowest BCUT2D eigenvalue weighted by atomic mass is 10.2. The summed E-state index contributed by atoms with van der Waals surface area (Å²) in [5.41, 5.74) is 1.87. The molecular weight excluding hydrogens is 475 g/mol. The summed E-state index contributed by atoms with van der Waals surface area (Å²) in [5, 5.41) is 14.3. The first-order valence-electron chi connectivity index (χ1n) is 11.1. The molecule has 0 fully saturated rings. The molecule has 4 rings (SSSR count). The van der Waals surface area contributed by atoms with Crippen molar-refractivity contribution in [3.05, 3.63) is 78.1 Å². The second kappa shape index (κ2) is 10.2. The zero-order chi connectivity index (χ0) is 25.9. The summed E-state index contributed by atoms with van der Waals surface area (Å²) >= 11 is 0. The van der Waals surface area contributed by atoms with Crippen molar-refractivity contribution in [2.75, 3.05) is 0 Å². The van der Waals surface area contributed by atoms with Gasteiger partial charge >= 0.3 is 6.36 Å². The molecule has 0 saturated carbocycles. The van der Waals surface area contributed by atoms with Crippen molar-refractivity contribution in [3.8, 4) is 40.1 Å². The lowest BCUT2D eigenvalue weighted by Crippen LogP contribution is -2.16. The molecule has 0 spiro atoms. The van der Waals surface area contributed by atoms with Gasteiger partial charge in [0.1, 0.15) is 29.6 Å². The van der Waals surface area contributed by atoms with E-state index in [0.29, 0.717) is 40.0 Å². The molecular formula is C26H24F3N3O4. The van der Waals surface area contributed by atoms with E-state index in [1.165, 1.54) is 30.3 Å². The molecule has 0 saturated heterocycles. The number of hydrogen-bond acceptors (Lipinski definition) is 6. The van der Waals surface area contributed by atoms with Crippen LogP contribution in [-0.4, -0.2) is 32.3 Å². The van der Waals surface area contributed by atoms with Crippen LogP contribution in [0.3, 0.4) is 0 Å². The highest BCUT2D eigenvalue weighted by Gasteiger charge is 2.31. The molecule has 0 unspecified atom stereocenters. The van der Waals surface area contributed by atoms with E-state index in [1.807, 2.05) is 26.0 Å². The van der Waals surface area contributed by atoms with Gasteiger partial charge in [-0.25, -0.2) is 9.67 Å². The van der Waals surface area contributed by atoms with Gasteiger partial charge in [0.05, 0.1) is 11.8 Å². The van der Waals surface area contributed by atoms with Gasteiger partial charge in [-0.15, -0.1) is 18.3 Å². The highest BCUT2D eigenvalue weighted by Crippen LogP contribution is 2.28. The number of ether oxygens (including phenoxy) is 3. The lowest BCUT2D eigenvalue weighted by Gasteiger charge is -2.11. The molecule has 188 valence electrons. The van der Waals surface area contributed by atoms with Crippen LogP contribution in [0.4, 0.5) is 13.2 Å². The number of nitrogens with zero attached hydrogens (tertiary/aromatic N) is 3. The fourth-order valence-corrected chi connectivity index (χ4v) is 3.39. The minimum absolute atomic E-state index is 0.0162. The van der Waals surface area contributed by atoms with Gasteiger partial charge in [-0.2, -0.15) is 0 Å². The molecule has 36 heavy (non-hydrogen) atoms. The minimum Gasteiger partial charge on any atom is -0.508 e. The fourth-order valence-electron chi connectivity index (χ4n) is 3.39. The summed E-state index contributed by atoms with van der Waals surface area (Å²) < 4.78 is 54.7. The van der Waals surface area contributed by atoms with Crippen LogP contribution in [0, 0.1) is 6.92 Å². The summed E-state index contributed by atoms with van der Waals surface area (Å²) in [6.07, 6.45) is -4.76. The van der Waals surface area contributed by atoms with Gasteiger partial charge in [0.15, 0.2) is 11.6 Å². The Morgan fingerprint density at radius 3 is 2.17 bits per heavy atom. The number of aromatic hydroxyl groups is 1. The summed E-state index contributed by atoms with van der Waals surface area (Å²) in [6, 6.07) is 17.5. The Morgan fingerprint density at radius 1 is 0.917 bits per heavy atom. The van der Waals surface area contributed by atoms with Crippen molar-refractivity contribution in [2.45, 2.75) is 39.8 Å². The Bertz CT molecular complexity index is 1320. The minimum atomic E-state index is -4.78. The Morgan fingerprint density at radius 2 is 1.56 bits per heavy atom. The Labute approximate surface area is 205 Å². The summed E-state index contributed by atoms with van der Waals surface area (Å²) in [7, 11) is 0. The third-order valence-corrected chi connectivity index (χ3v) is 4.99. The van der Waals surface area contributed by atoms with E-state index in [4.69, 9.17) is 9.47 Å². The van der Waals surface area contributed by atoms with E-state index < -0.39 is 6.36 Å². The Hall–Kier alpha value is -4.21. The molecule has 1 heterocycles. The molecule has 0 amide bonds. The zero-order valence-electron chi connectivity index (χ0n) is 19.8. The maximum absolute atomic E-state index is 12.6. The molecule has 0 bridgehead atoms. The average molecular weight is 499 g/mol. The normalized spacial score (nSPS) is 11.5. The molecule has 3 aromatic carbocycles. The Balaban J connectivity index is 1.65. The van der Waals surface area contributed by atoms with E-state index >= 15 is 0 Å². The third kappa shape index (κ3) is 6.26. The van der Waals surface area contributed by atoms with Crippen molar-refractivity contribution in [1.82, 2.24) is 14.8 Å². The van der Waals surface area contributed by atoms with Crippen LogP contribution in [0.5, 0.6) is 23.0 Å². The first kappa shape index (κ1) is 24.9. The number of halogens is 3. The van der Waals surface area contributed by atoms with Crippen molar-refractivity contribution >= 4 is 0 Å². The lowest BCUT2D eigenvalue weighted by molar-refractivity contribution is -0.274. The summed E-state index contributed by atoms with van der Waals surface area (Å²) in [5.74, 6) is 1.82. The van der Waals surface area contributed by atoms with Crippen LogP contribution in [-0.2, 0) is 6.61 Å². The number of phenols is 1. The number of aryl methyl sites for hydroxylation is 1. The molecule has 1 N–H and O–H groups in total. The quantitative estimate of drug-likeness (QED) is 0.310. The van der Waals surface area contributed by atoms with Crippen LogP contribution in [0.15, 0.2) is 66.7 Å². The van der Waals surface area contributed by atoms with Crippen LogP contribution in [0.1, 0.15) is 25.2 Å². The van der Waals surface area contributed by atoms with Gasteiger partial charge in [-0.05, 0) is 93.1 Å². The molecule has 0 aliphatic heterocycles. The molecule has 0 radical (unpaired) electrons. The van der Waals surface area contributed by atoms with E-state index in [-0.39, 0.29) is 24.2 Å². The number of phenolic OH excluding ortho intramolecular Hbond substituents is 1. The predicted molar refractivity (Wildman–Crippen MR) is 126 cm³/mol. The number of rotatable bonds is 8. The molecule has 4 aromatic rings. The maximum atomic E-state index is 12.6. The van der Waals surface area contributed by atoms with Gasteiger partial charge in [0.25, 0.3) is 0 Å². The Kier molecular flexibility index (Phi) is 7.05. The van der Waals surface area contributed by atoms with Gasteiger partial charge in [0.2, 0.25) is 0 Å². The molecule has 10 heteroatoms. The number of alkyl halides is 3. The second-order valence-corrected chi connectivity index (χ2v) is 8.23. The highest BCUT2D eigenvalue weighted by molar-refractivity contribution is 5.59. The largest absolute Gasteiger partial charge is 0.573 e.